The molecule has 0 spiro atoms. The van der Waals surface area contributed by atoms with Crippen LogP contribution in [0.15, 0.2) is 66.7 Å². The summed E-state index contributed by atoms with van der Waals surface area (Å²) in [6.45, 7) is 0. The molecule has 7 nitrogen and oxygen atoms in total. The maximum absolute atomic E-state index is 12.7. The SMILES string of the molecule is COc1cccc(C(=O)Nc2cc(OC)c(NC(=O)c3ccccc3)cc2OC)c1. The number of hydrogen-bond donors (Lipinski definition) is 2. The lowest BCUT2D eigenvalue weighted by Crippen LogP contribution is -2.15. The molecule has 3 aromatic carbocycles. The zero-order valence-corrected chi connectivity index (χ0v) is 16.9. The smallest absolute Gasteiger partial charge is 0.255 e. The summed E-state index contributed by atoms with van der Waals surface area (Å²) in [6.07, 6.45) is 0. The van der Waals surface area contributed by atoms with E-state index in [1.54, 1.807) is 60.7 Å². The maximum Gasteiger partial charge on any atom is 0.255 e. The Hall–Kier alpha value is -4.00. The first-order chi connectivity index (χ1) is 14.5. The van der Waals surface area contributed by atoms with E-state index < -0.39 is 0 Å². The Balaban J connectivity index is 1.87. The molecule has 30 heavy (non-hydrogen) atoms. The van der Waals surface area contributed by atoms with Gasteiger partial charge in [-0.15, -0.1) is 0 Å². The summed E-state index contributed by atoms with van der Waals surface area (Å²) in [4.78, 5) is 25.2. The van der Waals surface area contributed by atoms with Crippen molar-refractivity contribution < 1.29 is 23.8 Å². The molecular formula is C23H22N2O5. The fourth-order valence-corrected chi connectivity index (χ4v) is 2.84. The molecular weight excluding hydrogens is 384 g/mol. The molecule has 0 saturated carbocycles. The van der Waals surface area contributed by atoms with Crippen molar-refractivity contribution in [2.24, 2.45) is 0 Å². The summed E-state index contributed by atoms with van der Waals surface area (Å²) in [5, 5.41) is 5.61. The number of rotatable bonds is 7. The van der Waals surface area contributed by atoms with Gasteiger partial charge in [-0.1, -0.05) is 24.3 Å². The Morgan fingerprint density at radius 3 is 1.70 bits per heavy atom. The van der Waals surface area contributed by atoms with Crippen LogP contribution in [0.1, 0.15) is 20.7 Å². The topological polar surface area (TPSA) is 85.9 Å². The number of carbonyl (C=O) groups excluding carboxylic acids is 2. The third kappa shape index (κ3) is 4.70. The number of carbonyl (C=O) groups is 2. The van der Waals surface area contributed by atoms with Crippen LogP contribution < -0.4 is 24.8 Å². The first-order valence-corrected chi connectivity index (χ1v) is 9.13. The van der Waals surface area contributed by atoms with Crippen LogP contribution >= 0.6 is 0 Å². The van der Waals surface area contributed by atoms with Crippen molar-refractivity contribution in [2.45, 2.75) is 0 Å². The Labute approximate surface area is 174 Å². The highest BCUT2D eigenvalue weighted by Crippen LogP contribution is 2.37. The van der Waals surface area contributed by atoms with Crippen LogP contribution in [0.4, 0.5) is 11.4 Å². The second-order valence-electron chi connectivity index (χ2n) is 6.26. The van der Waals surface area contributed by atoms with Crippen molar-refractivity contribution in [1.82, 2.24) is 0 Å². The highest BCUT2D eigenvalue weighted by Gasteiger charge is 2.17. The highest BCUT2D eigenvalue weighted by atomic mass is 16.5. The van der Waals surface area contributed by atoms with Crippen LogP contribution in [-0.4, -0.2) is 33.1 Å². The first kappa shape index (κ1) is 20.7. The van der Waals surface area contributed by atoms with Crippen LogP contribution in [0.3, 0.4) is 0 Å². The predicted octanol–water partition coefficient (Wildman–Crippen LogP) is 4.22. The molecule has 0 aliphatic rings. The van der Waals surface area contributed by atoms with E-state index in [1.807, 2.05) is 6.07 Å². The average Bonchev–Trinajstić information content (AvgIpc) is 2.80. The van der Waals surface area contributed by atoms with Gasteiger partial charge in [-0.2, -0.15) is 0 Å². The fraction of sp³-hybridized carbons (Fsp3) is 0.130. The summed E-state index contributed by atoms with van der Waals surface area (Å²) >= 11 is 0. The summed E-state index contributed by atoms with van der Waals surface area (Å²) in [5.74, 6) is 0.696. The van der Waals surface area contributed by atoms with Crippen molar-refractivity contribution in [3.8, 4) is 17.2 Å². The standard InChI is InChI=1S/C23H22N2O5/c1-28-17-11-7-10-16(12-17)23(27)25-19-14-20(29-2)18(13-21(19)30-3)24-22(26)15-8-5-4-6-9-15/h4-14H,1-3H3,(H,24,26)(H,25,27). The van der Waals surface area contributed by atoms with Crippen LogP contribution in [0.5, 0.6) is 17.2 Å². The van der Waals surface area contributed by atoms with Crippen LogP contribution in [0.2, 0.25) is 0 Å². The third-order valence-electron chi connectivity index (χ3n) is 4.39. The van der Waals surface area contributed by atoms with Gasteiger partial charge in [0.2, 0.25) is 0 Å². The molecule has 2 N–H and O–H groups in total. The highest BCUT2D eigenvalue weighted by molar-refractivity contribution is 6.07. The lowest BCUT2D eigenvalue weighted by Gasteiger charge is -2.16. The van der Waals surface area contributed by atoms with Crippen molar-refractivity contribution in [3.63, 3.8) is 0 Å². The molecule has 0 saturated heterocycles. The van der Waals surface area contributed by atoms with Gasteiger partial charge in [0.25, 0.3) is 11.8 Å². The molecule has 0 radical (unpaired) electrons. The molecule has 0 unspecified atom stereocenters. The van der Waals surface area contributed by atoms with Gasteiger partial charge >= 0.3 is 0 Å². The molecule has 0 fully saturated rings. The zero-order chi connectivity index (χ0) is 21.5. The normalized spacial score (nSPS) is 10.1. The van der Waals surface area contributed by atoms with Crippen LogP contribution in [0, 0.1) is 0 Å². The van der Waals surface area contributed by atoms with Gasteiger partial charge in [0.1, 0.15) is 17.2 Å². The second-order valence-corrected chi connectivity index (χ2v) is 6.26. The molecule has 7 heteroatoms. The van der Waals surface area contributed by atoms with E-state index in [-0.39, 0.29) is 11.8 Å². The second kappa shape index (κ2) is 9.47. The largest absolute Gasteiger partial charge is 0.497 e. The number of hydrogen-bond acceptors (Lipinski definition) is 5. The van der Waals surface area contributed by atoms with E-state index in [9.17, 15) is 9.59 Å². The van der Waals surface area contributed by atoms with Crippen LogP contribution in [0.25, 0.3) is 0 Å². The Bertz CT molecular complexity index is 1050. The van der Waals surface area contributed by atoms with Gasteiger partial charge in [0.15, 0.2) is 0 Å². The number of benzene rings is 3. The number of methoxy groups -OCH3 is 3. The minimum absolute atomic E-state index is 0.288. The van der Waals surface area contributed by atoms with Gasteiger partial charge in [-0.3, -0.25) is 9.59 Å². The minimum Gasteiger partial charge on any atom is -0.497 e. The Kier molecular flexibility index (Phi) is 6.54. The summed E-state index contributed by atoms with van der Waals surface area (Å²) in [7, 11) is 4.49. The fourth-order valence-electron chi connectivity index (χ4n) is 2.84. The number of amides is 2. The van der Waals surface area contributed by atoms with E-state index in [4.69, 9.17) is 14.2 Å². The summed E-state index contributed by atoms with van der Waals surface area (Å²) in [6, 6.07) is 18.8. The van der Waals surface area contributed by atoms with E-state index >= 15 is 0 Å². The summed E-state index contributed by atoms with van der Waals surface area (Å²) in [5.41, 5.74) is 1.76. The maximum atomic E-state index is 12.7. The molecule has 0 aromatic heterocycles. The zero-order valence-electron chi connectivity index (χ0n) is 16.9. The molecule has 3 aromatic rings. The van der Waals surface area contributed by atoms with Gasteiger partial charge in [0, 0.05) is 23.3 Å². The van der Waals surface area contributed by atoms with E-state index in [1.165, 1.54) is 21.3 Å². The van der Waals surface area contributed by atoms with Gasteiger partial charge in [-0.05, 0) is 30.3 Å². The van der Waals surface area contributed by atoms with Crippen LogP contribution in [-0.2, 0) is 0 Å². The lowest BCUT2D eigenvalue weighted by molar-refractivity contribution is 0.101. The Morgan fingerprint density at radius 1 is 0.633 bits per heavy atom. The molecule has 2 amide bonds. The van der Waals surface area contributed by atoms with Gasteiger partial charge in [0.05, 0.1) is 32.7 Å². The predicted molar refractivity (Wildman–Crippen MR) is 115 cm³/mol. The molecule has 154 valence electrons. The van der Waals surface area contributed by atoms with Gasteiger partial charge in [-0.25, -0.2) is 0 Å². The monoisotopic (exact) mass is 406 g/mol. The van der Waals surface area contributed by atoms with Crippen molar-refractivity contribution in [3.05, 3.63) is 77.9 Å². The van der Waals surface area contributed by atoms with E-state index in [2.05, 4.69) is 10.6 Å². The minimum atomic E-state index is -0.338. The average molecular weight is 406 g/mol. The summed E-state index contributed by atoms with van der Waals surface area (Å²) < 4.78 is 16.0. The molecule has 3 rings (SSSR count). The molecule has 0 atom stereocenters. The van der Waals surface area contributed by atoms with Gasteiger partial charge < -0.3 is 24.8 Å². The van der Waals surface area contributed by atoms with E-state index in [0.717, 1.165) is 0 Å². The quantitative estimate of drug-likeness (QED) is 0.614. The lowest BCUT2D eigenvalue weighted by atomic mass is 10.1. The number of nitrogens with one attached hydrogen (secondary N) is 2. The van der Waals surface area contributed by atoms with Crippen molar-refractivity contribution >= 4 is 23.2 Å². The molecule has 0 aliphatic carbocycles. The van der Waals surface area contributed by atoms with E-state index in [0.29, 0.717) is 39.8 Å². The molecule has 0 heterocycles. The van der Waals surface area contributed by atoms with Crippen molar-refractivity contribution in [1.29, 1.82) is 0 Å². The molecule has 0 aliphatic heterocycles. The third-order valence-corrected chi connectivity index (χ3v) is 4.39. The number of ether oxygens (including phenoxy) is 3. The number of anilines is 2. The first-order valence-electron chi connectivity index (χ1n) is 9.13. The Morgan fingerprint density at radius 2 is 1.17 bits per heavy atom. The molecule has 0 bridgehead atoms. The van der Waals surface area contributed by atoms with Crippen molar-refractivity contribution in [2.75, 3.05) is 32.0 Å².